The Morgan fingerprint density at radius 2 is 1.38 bits per heavy atom. The molecule has 0 atom stereocenters. The first-order valence-corrected chi connectivity index (χ1v) is 3.97. The molecule has 0 aromatic carbocycles. The Morgan fingerprint density at radius 1 is 1.06 bits per heavy atom. The number of carbonyl (C=O) groups excluding carboxylic acids is 2. The van der Waals surface area contributed by atoms with Gasteiger partial charge < -0.3 is 19.3 Å². The predicted octanol–water partition coefficient (Wildman–Crippen LogP) is -0.610. The minimum Gasteiger partial charge on any atom is -0.479 e. The molecule has 8 heteroatoms. The summed E-state index contributed by atoms with van der Waals surface area (Å²) in [4.78, 5) is 30.0. The first-order chi connectivity index (χ1) is 7.47. The van der Waals surface area contributed by atoms with E-state index in [0.29, 0.717) is 0 Å². The fraction of sp³-hybridized carbons (Fsp3) is 0.625. The Hall–Kier alpha value is -1.54. The van der Waals surface area contributed by atoms with Crippen LogP contribution in [0.5, 0.6) is 0 Å². The van der Waals surface area contributed by atoms with E-state index in [1.807, 2.05) is 0 Å². The molecule has 7 nitrogen and oxygen atoms in total. The van der Waals surface area contributed by atoms with Crippen molar-refractivity contribution in [1.82, 2.24) is 0 Å². The molecule has 0 rings (SSSR count). The molecule has 0 saturated carbocycles. The highest BCUT2D eigenvalue weighted by Gasteiger charge is 2.08. The number of alkyl halides is 1. The maximum absolute atomic E-state index is 10.5. The van der Waals surface area contributed by atoms with Gasteiger partial charge in [-0.1, -0.05) is 0 Å². The molecule has 16 heavy (non-hydrogen) atoms. The normalized spacial score (nSPS) is 8.69. The molecule has 94 valence electrons. The third-order valence-corrected chi connectivity index (χ3v) is 0.866. The van der Waals surface area contributed by atoms with Gasteiger partial charge in [0.25, 0.3) is 0 Å². The van der Waals surface area contributed by atoms with Crippen LogP contribution in [0, 0.1) is 0 Å². The molecule has 0 aromatic heterocycles. The molecule has 0 amide bonds. The lowest BCUT2D eigenvalue weighted by atomic mass is 10.7. The number of methoxy groups -OCH3 is 2. The first kappa shape index (κ1) is 16.9. The molecule has 0 unspecified atom stereocenters. The third kappa shape index (κ3) is 15.0. The summed E-state index contributed by atoms with van der Waals surface area (Å²) in [6.45, 7) is -1.73. The fourth-order valence-electron chi connectivity index (χ4n) is 0.422. The lowest BCUT2D eigenvalue weighted by Crippen LogP contribution is -2.19. The van der Waals surface area contributed by atoms with E-state index in [9.17, 15) is 14.0 Å². The monoisotopic (exact) mass is 240 g/mol. The molecule has 0 fully saturated rings. The van der Waals surface area contributed by atoms with Crippen LogP contribution in [0.15, 0.2) is 0 Å². The van der Waals surface area contributed by atoms with E-state index in [1.165, 1.54) is 14.2 Å². The number of carboxylic acid groups (broad SMARTS) is 1. The Labute approximate surface area is 91.1 Å². The summed E-state index contributed by atoms with van der Waals surface area (Å²) in [6.07, 6.45) is 0. The SMILES string of the molecule is COCC(=O)OC(=O)COC.O=C(O)CF. The summed E-state index contributed by atoms with van der Waals surface area (Å²) >= 11 is 0. The molecule has 0 aliphatic carbocycles. The largest absolute Gasteiger partial charge is 0.479 e. The molecule has 0 aliphatic heterocycles. The van der Waals surface area contributed by atoms with Crippen LogP contribution in [-0.4, -0.2) is 57.1 Å². The van der Waals surface area contributed by atoms with E-state index >= 15 is 0 Å². The van der Waals surface area contributed by atoms with Crippen molar-refractivity contribution in [2.24, 2.45) is 0 Å². The van der Waals surface area contributed by atoms with Crippen LogP contribution in [0.3, 0.4) is 0 Å². The van der Waals surface area contributed by atoms with Crippen molar-refractivity contribution >= 4 is 17.9 Å². The van der Waals surface area contributed by atoms with Gasteiger partial charge in [0.05, 0.1) is 0 Å². The van der Waals surface area contributed by atoms with Crippen molar-refractivity contribution in [3.63, 3.8) is 0 Å². The number of carbonyl (C=O) groups is 3. The summed E-state index contributed by atoms with van der Waals surface area (Å²) in [5.74, 6) is -2.84. The number of rotatable bonds is 5. The summed E-state index contributed by atoms with van der Waals surface area (Å²) in [6, 6.07) is 0. The first-order valence-electron chi connectivity index (χ1n) is 3.97. The highest BCUT2D eigenvalue weighted by molar-refractivity contribution is 5.86. The van der Waals surface area contributed by atoms with Crippen molar-refractivity contribution in [3.8, 4) is 0 Å². The molecular weight excluding hydrogens is 227 g/mol. The minimum absolute atomic E-state index is 0.227. The van der Waals surface area contributed by atoms with E-state index in [2.05, 4.69) is 14.2 Å². The molecule has 0 bridgehead atoms. The Kier molecular flexibility index (Phi) is 12.2. The van der Waals surface area contributed by atoms with Crippen molar-refractivity contribution in [1.29, 1.82) is 0 Å². The van der Waals surface area contributed by atoms with Gasteiger partial charge in [0.1, 0.15) is 13.2 Å². The lowest BCUT2D eigenvalue weighted by Gasteiger charge is -1.99. The molecule has 0 radical (unpaired) electrons. The smallest absolute Gasteiger partial charge is 0.339 e. The second-order valence-electron chi connectivity index (χ2n) is 2.24. The number of esters is 2. The van der Waals surface area contributed by atoms with Crippen LogP contribution >= 0.6 is 0 Å². The lowest BCUT2D eigenvalue weighted by molar-refractivity contribution is -0.164. The van der Waals surface area contributed by atoms with Gasteiger partial charge in [-0.2, -0.15) is 0 Å². The number of hydrogen-bond donors (Lipinski definition) is 1. The van der Waals surface area contributed by atoms with Crippen LogP contribution in [0.2, 0.25) is 0 Å². The molecule has 0 spiro atoms. The Bertz CT molecular complexity index is 212. The number of hydrogen-bond acceptors (Lipinski definition) is 6. The van der Waals surface area contributed by atoms with Crippen LogP contribution in [0.1, 0.15) is 0 Å². The van der Waals surface area contributed by atoms with Crippen molar-refractivity contribution < 1.29 is 38.1 Å². The summed E-state index contributed by atoms with van der Waals surface area (Å²) in [7, 11) is 2.67. The van der Waals surface area contributed by atoms with Gasteiger partial charge in [-0.15, -0.1) is 0 Å². The number of carboxylic acids is 1. The van der Waals surface area contributed by atoms with Crippen molar-refractivity contribution in [2.75, 3.05) is 34.1 Å². The topological polar surface area (TPSA) is 99.1 Å². The molecular formula is C8H13FO7. The zero-order chi connectivity index (χ0) is 13.0. The highest BCUT2D eigenvalue weighted by Crippen LogP contribution is 1.82. The second kappa shape index (κ2) is 11.5. The maximum atomic E-state index is 10.5. The second-order valence-corrected chi connectivity index (χ2v) is 2.24. The Morgan fingerprint density at radius 3 is 1.56 bits per heavy atom. The third-order valence-electron chi connectivity index (χ3n) is 0.866. The van der Waals surface area contributed by atoms with Crippen LogP contribution in [-0.2, 0) is 28.6 Å². The van der Waals surface area contributed by atoms with E-state index in [4.69, 9.17) is 9.90 Å². The minimum atomic E-state index is -1.41. The number of ether oxygens (including phenoxy) is 3. The van der Waals surface area contributed by atoms with E-state index in [1.54, 1.807) is 0 Å². The Balaban J connectivity index is 0. The van der Waals surface area contributed by atoms with E-state index < -0.39 is 24.6 Å². The van der Waals surface area contributed by atoms with E-state index in [-0.39, 0.29) is 13.2 Å². The average molecular weight is 240 g/mol. The number of aliphatic carboxylic acids is 1. The standard InChI is InChI=1S/C6H10O5.C2H3FO2/c1-9-3-5(7)11-6(8)4-10-2;3-1-2(4)5/h3-4H2,1-2H3;1H2,(H,4,5). The van der Waals surface area contributed by atoms with Gasteiger partial charge in [-0.3, -0.25) is 0 Å². The van der Waals surface area contributed by atoms with Gasteiger partial charge >= 0.3 is 17.9 Å². The predicted molar refractivity (Wildman–Crippen MR) is 48.5 cm³/mol. The zero-order valence-electron chi connectivity index (χ0n) is 8.90. The van der Waals surface area contributed by atoms with Crippen LogP contribution in [0.25, 0.3) is 0 Å². The van der Waals surface area contributed by atoms with Gasteiger partial charge in [-0.05, 0) is 0 Å². The summed E-state index contributed by atoms with van der Waals surface area (Å²) < 4.78 is 23.5. The highest BCUT2D eigenvalue weighted by atomic mass is 19.1. The quantitative estimate of drug-likeness (QED) is 0.505. The molecule has 0 heterocycles. The average Bonchev–Trinajstić information content (AvgIpc) is 2.19. The van der Waals surface area contributed by atoms with Gasteiger partial charge in [0.15, 0.2) is 6.67 Å². The van der Waals surface area contributed by atoms with Crippen LogP contribution in [0.4, 0.5) is 4.39 Å². The molecule has 0 saturated heterocycles. The maximum Gasteiger partial charge on any atom is 0.339 e. The zero-order valence-corrected chi connectivity index (χ0v) is 8.90. The van der Waals surface area contributed by atoms with Gasteiger partial charge in [-0.25, -0.2) is 18.8 Å². The van der Waals surface area contributed by atoms with Crippen LogP contribution < -0.4 is 0 Å². The number of halogens is 1. The summed E-state index contributed by atoms with van der Waals surface area (Å²) in [5.41, 5.74) is 0. The molecule has 0 aromatic rings. The van der Waals surface area contributed by atoms with E-state index in [0.717, 1.165) is 0 Å². The summed E-state index contributed by atoms with van der Waals surface area (Å²) in [5, 5.41) is 7.35. The van der Waals surface area contributed by atoms with Crippen molar-refractivity contribution in [2.45, 2.75) is 0 Å². The van der Waals surface area contributed by atoms with Crippen molar-refractivity contribution in [3.05, 3.63) is 0 Å². The fourth-order valence-corrected chi connectivity index (χ4v) is 0.422. The van der Waals surface area contributed by atoms with Gasteiger partial charge in [0, 0.05) is 14.2 Å². The molecule has 0 aliphatic rings. The van der Waals surface area contributed by atoms with Gasteiger partial charge in [0.2, 0.25) is 0 Å². The molecule has 1 N–H and O–H groups in total.